The average molecular weight is 371 g/mol. The highest BCUT2D eigenvalue weighted by atomic mass is 32.1. The van der Waals surface area contributed by atoms with Crippen molar-refractivity contribution in [3.05, 3.63) is 57.8 Å². The Morgan fingerprint density at radius 3 is 2.73 bits per heavy atom. The molecule has 1 aromatic carbocycles. The lowest BCUT2D eigenvalue weighted by Crippen LogP contribution is -2.37. The van der Waals surface area contributed by atoms with E-state index in [2.05, 4.69) is 68.5 Å². The van der Waals surface area contributed by atoms with Crippen LogP contribution in [0.3, 0.4) is 0 Å². The molecule has 0 spiro atoms. The molecule has 5 heteroatoms. The van der Waals surface area contributed by atoms with Crippen LogP contribution in [0.15, 0.2) is 46.1 Å². The number of aliphatic imine (C=N–C) groups is 1. The Morgan fingerprint density at radius 2 is 2.00 bits per heavy atom. The van der Waals surface area contributed by atoms with E-state index in [1.54, 1.807) is 11.3 Å². The van der Waals surface area contributed by atoms with Crippen LogP contribution < -0.4 is 10.6 Å². The number of guanidine groups is 1. The molecule has 0 bridgehead atoms. The van der Waals surface area contributed by atoms with Gasteiger partial charge in [-0.15, -0.1) is 0 Å². The number of likely N-dealkylation sites (tertiary alicyclic amines) is 1. The highest BCUT2D eigenvalue weighted by Crippen LogP contribution is 2.19. The maximum Gasteiger partial charge on any atom is 0.191 e. The van der Waals surface area contributed by atoms with Crippen LogP contribution in [0.2, 0.25) is 0 Å². The summed E-state index contributed by atoms with van der Waals surface area (Å²) >= 11 is 1.72. The van der Waals surface area contributed by atoms with Crippen LogP contribution in [-0.2, 0) is 19.6 Å². The molecule has 3 rings (SSSR count). The molecule has 2 N–H and O–H groups in total. The average Bonchev–Trinajstić information content (AvgIpc) is 3.17. The first-order valence-corrected chi connectivity index (χ1v) is 10.4. The third-order valence-electron chi connectivity index (χ3n) is 4.96. The number of benzene rings is 1. The van der Waals surface area contributed by atoms with Crippen molar-refractivity contribution in [2.75, 3.05) is 20.1 Å². The van der Waals surface area contributed by atoms with E-state index in [4.69, 9.17) is 0 Å². The quantitative estimate of drug-likeness (QED) is 0.599. The zero-order chi connectivity index (χ0) is 18.2. The first-order chi connectivity index (χ1) is 12.7. The van der Waals surface area contributed by atoms with Gasteiger partial charge in [0.25, 0.3) is 0 Å². The predicted octanol–water partition coefficient (Wildman–Crippen LogP) is 3.85. The smallest absolute Gasteiger partial charge is 0.191 e. The fourth-order valence-electron chi connectivity index (χ4n) is 3.53. The number of hydrogen-bond acceptors (Lipinski definition) is 3. The minimum absolute atomic E-state index is 0.795. The van der Waals surface area contributed by atoms with E-state index >= 15 is 0 Å². The van der Waals surface area contributed by atoms with E-state index in [1.165, 1.54) is 42.6 Å². The Bertz CT molecular complexity index is 696. The standard InChI is InChI=1S/C21H30N4S/c1-17-6-5-10-25(14-17)15-20-8-4-3-7-19(20)13-24-21(22-2)23-12-18-9-11-26-16-18/h3-4,7-9,11,16-17H,5-6,10,12-15H2,1-2H3,(H2,22,23,24). The molecule has 1 aromatic heterocycles. The number of nitrogens with one attached hydrogen (secondary N) is 2. The maximum absolute atomic E-state index is 4.35. The molecule has 140 valence electrons. The van der Waals surface area contributed by atoms with Crippen LogP contribution in [0.4, 0.5) is 0 Å². The van der Waals surface area contributed by atoms with Crippen molar-refractivity contribution in [3.8, 4) is 0 Å². The third kappa shape index (κ3) is 5.58. The number of thiophene rings is 1. The molecule has 0 saturated carbocycles. The Hall–Kier alpha value is -1.85. The molecule has 1 aliphatic rings. The SMILES string of the molecule is CN=C(NCc1ccsc1)NCc1ccccc1CN1CCCC(C)C1. The van der Waals surface area contributed by atoms with Crippen molar-refractivity contribution < 1.29 is 0 Å². The summed E-state index contributed by atoms with van der Waals surface area (Å²) in [5.41, 5.74) is 4.06. The van der Waals surface area contributed by atoms with E-state index in [-0.39, 0.29) is 0 Å². The van der Waals surface area contributed by atoms with Crippen molar-refractivity contribution >= 4 is 17.3 Å². The summed E-state index contributed by atoms with van der Waals surface area (Å²) in [6.45, 7) is 7.44. The van der Waals surface area contributed by atoms with E-state index < -0.39 is 0 Å². The first kappa shape index (κ1) is 18.9. The van der Waals surface area contributed by atoms with Gasteiger partial charge in [0.2, 0.25) is 0 Å². The summed E-state index contributed by atoms with van der Waals surface area (Å²) in [4.78, 5) is 6.94. The summed E-state index contributed by atoms with van der Waals surface area (Å²) in [6, 6.07) is 10.9. The number of piperidine rings is 1. The molecule has 1 aliphatic heterocycles. The third-order valence-corrected chi connectivity index (χ3v) is 5.70. The minimum Gasteiger partial charge on any atom is -0.352 e. The molecular weight excluding hydrogens is 340 g/mol. The van der Waals surface area contributed by atoms with Crippen LogP contribution >= 0.6 is 11.3 Å². The second kappa shape index (κ2) is 9.74. The number of hydrogen-bond donors (Lipinski definition) is 2. The lowest BCUT2D eigenvalue weighted by atomic mass is 9.99. The summed E-state index contributed by atoms with van der Waals surface area (Å²) in [7, 11) is 1.82. The molecule has 1 fully saturated rings. The van der Waals surface area contributed by atoms with Crippen LogP contribution in [0.25, 0.3) is 0 Å². The zero-order valence-corrected chi connectivity index (χ0v) is 16.7. The first-order valence-electron chi connectivity index (χ1n) is 9.49. The largest absolute Gasteiger partial charge is 0.352 e. The van der Waals surface area contributed by atoms with Gasteiger partial charge in [-0.3, -0.25) is 9.89 Å². The molecule has 0 aliphatic carbocycles. The van der Waals surface area contributed by atoms with Crippen LogP contribution in [0.5, 0.6) is 0 Å². The molecular formula is C21H30N4S. The van der Waals surface area contributed by atoms with E-state index in [0.29, 0.717) is 0 Å². The predicted molar refractivity (Wildman–Crippen MR) is 111 cm³/mol. The zero-order valence-electron chi connectivity index (χ0n) is 15.9. The second-order valence-electron chi connectivity index (χ2n) is 7.16. The Balaban J connectivity index is 1.55. The lowest BCUT2D eigenvalue weighted by Gasteiger charge is -2.31. The molecule has 2 aromatic rings. The van der Waals surface area contributed by atoms with Crippen molar-refractivity contribution in [1.29, 1.82) is 0 Å². The Morgan fingerprint density at radius 1 is 1.19 bits per heavy atom. The fourth-order valence-corrected chi connectivity index (χ4v) is 4.20. The van der Waals surface area contributed by atoms with Gasteiger partial charge in [-0.2, -0.15) is 11.3 Å². The van der Waals surface area contributed by atoms with Crippen molar-refractivity contribution in [3.63, 3.8) is 0 Å². The highest BCUT2D eigenvalue weighted by molar-refractivity contribution is 7.07. The van der Waals surface area contributed by atoms with Crippen LogP contribution in [0.1, 0.15) is 36.5 Å². The van der Waals surface area contributed by atoms with Gasteiger partial charge >= 0.3 is 0 Å². The van der Waals surface area contributed by atoms with Crippen molar-refractivity contribution in [2.45, 2.75) is 39.4 Å². The summed E-state index contributed by atoms with van der Waals surface area (Å²) in [6.07, 6.45) is 2.69. The van der Waals surface area contributed by atoms with Crippen LogP contribution in [0, 0.1) is 5.92 Å². The van der Waals surface area contributed by atoms with E-state index in [1.807, 2.05) is 7.05 Å². The second-order valence-corrected chi connectivity index (χ2v) is 7.94. The molecule has 1 atom stereocenters. The minimum atomic E-state index is 0.795. The molecule has 2 heterocycles. The Labute approximate surface area is 161 Å². The van der Waals surface area contributed by atoms with Gasteiger partial charge in [-0.25, -0.2) is 0 Å². The molecule has 0 amide bonds. The molecule has 1 unspecified atom stereocenters. The van der Waals surface area contributed by atoms with Gasteiger partial charge < -0.3 is 10.6 Å². The molecule has 0 radical (unpaired) electrons. The van der Waals surface area contributed by atoms with Gasteiger partial charge in [0.05, 0.1) is 0 Å². The normalized spacial score (nSPS) is 18.7. The monoisotopic (exact) mass is 370 g/mol. The Kier molecular flexibility index (Phi) is 7.09. The fraction of sp³-hybridized carbons (Fsp3) is 0.476. The van der Waals surface area contributed by atoms with Crippen molar-refractivity contribution in [1.82, 2.24) is 15.5 Å². The molecule has 26 heavy (non-hydrogen) atoms. The topological polar surface area (TPSA) is 39.7 Å². The van der Waals surface area contributed by atoms with Crippen molar-refractivity contribution in [2.24, 2.45) is 10.9 Å². The highest BCUT2D eigenvalue weighted by Gasteiger charge is 2.17. The lowest BCUT2D eigenvalue weighted by molar-refractivity contribution is 0.176. The summed E-state index contributed by atoms with van der Waals surface area (Å²) in [5, 5.41) is 11.1. The van der Waals surface area contributed by atoms with Gasteiger partial charge in [-0.05, 0) is 58.8 Å². The summed E-state index contributed by atoms with van der Waals surface area (Å²) < 4.78 is 0. The summed E-state index contributed by atoms with van der Waals surface area (Å²) in [5.74, 6) is 1.66. The van der Waals surface area contributed by atoms with E-state index in [9.17, 15) is 0 Å². The van der Waals surface area contributed by atoms with Gasteiger partial charge in [-0.1, -0.05) is 31.2 Å². The maximum atomic E-state index is 4.35. The van der Waals surface area contributed by atoms with Gasteiger partial charge in [0.15, 0.2) is 5.96 Å². The molecule has 4 nitrogen and oxygen atoms in total. The van der Waals surface area contributed by atoms with Gasteiger partial charge in [0, 0.05) is 33.2 Å². The van der Waals surface area contributed by atoms with E-state index in [0.717, 1.165) is 31.5 Å². The number of nitrogens with zero attached hydrogens (tertiary/aromatic N) is 2. The molecule has 1 saturated heterocycles. The van der Waals surface area contributed by atoms with Gasteiger partial charge in [0.1, 0.15) is 0 Å². The van der Waals surface area contributed by atoms with Crippen LogP contribution in [-0.4, -0.2) is 31.0 Å². The number of rotatable bonds is 6.